The minimum atomic E-state index is -0.997. The van der Waals surface area contributed by atoms with Crippen molar-refractivity contribution in [1.82, 2.24) is 9.78 Å². The highest BCUT2D eigenvalue weighted by atomic mass is 79.9. The highest BCUT2D eigenvalue weighted by molar-refractivity contribution is 9.10. The zero-order chi connectivity index (χ0) is 19.1. The SMILES string of the molecule is Cc1ccccc1-n1nc2c(c1NC(=O)c1cc(Br)ccc1Cl)C[S@@](=O)C2. The summed E-state index contributed by atoms with van der Waals surface area (Å²) in [5, 5.41) is 7.93. The van der Waals surface area contributed by atoms with Gasteiger partial charge in [-0.2, -0.15) is 5.10 Å². The Morgan fingerprint density at radius 1 is 1.26 bits per heavy atom. The van der Waals surface area contributed by atoms with Crippen LogP contribution in [0.2, 0.25) is 5.02 Å². The van der Waals surface area contributed by atoms with Gasteiger partial charge in [0, 0.05) is 20.8 Å². The van der Waals surface area contributed by atoms with Gasteiger partial charge in [-0.3, -0.25) is 9.00 Å². The summed E-state index contributed by atoms with van der Waals surface area (Å²) < 4.78 is 14.5. The highest BCUT2D eigenvalue weighted by Crippen LogP contribution is 2.33. The third-order valence-corrected chi connectivity index (χ3v) is 6.45. The number of nitrogens with one attached hydrogen (secondary N) is 1. The summed E-state index contributed by atoms with van der Waals surface area (Å²) in [5.41, 5.74) is 3.82. The lowest BCUT2D eigenvalue weighted by atomic mass is 10.2. The van der Waals surface area contributed by atoms with Gasteiger partial charge in [-0.1, -0.05) is 45.7 Å². The quantitative estimate of drug-likeness (QED) is 0.615. The molecule has 1 atom stereocenters. The summed E-state index contributed by atoms with van der Waals surface area (Å²) in [6, 6.07) is 12.9. The van der Waals surface area contributed by atoms with E-state index in [9.17, 15) is 9.00 Å². The molecule has 1 aromatic heterocycles. The van der Waals surface area contributed by atoms with Crippen LogP contribution in [-0.2, 0) is 22.3 Å². The summed E-state index contributed by atoms with van der Waals surface area (Å²) >= 11 is 9.57. The van der Waals surface area contributed by atoms with Crippen LogP contribution in [-0.4, -0.2) is 19.9 Å². The Labute approximate surface area is 172 Å². The second-order valence-corrected chi connectivity index (χ2v) is 9.06. The molecule has 0 radical (unpaired) electrons. The third kappa shape index (κ3) is 3.47. The van der Waals surface area contributed by atoms with E-state index in [0.717, 1.165) is 27.0 Å². The molecule has 8 heteroatoms. The lowest BCUT2D eigenvalue weighted by Gasteiger charge is -2.13. The summed E-state index contributed by atoms with van der Waals surface area (Å²) in [5.74, 6) is 0.986. The summed E-state index contributed by atoms with van der Waals surface area (Å²) in [4.78, 5) is 12.9. The first-order valence-electron chi connectivity index (χ1n) is 8.22. The average molecular weight is 465 g/mol. The Morgan fingerprint density at radius 3 is 2.81 bits per heavy atom. The van der Waals surface area contributed by atoms with Crippen molar-refractivity contribution in [3.63, 3.8) is 0 Å². The van der Waals surface area contributed by atoms with Crippen LogP contribution in [0.4, 0.5) is 5.82 Å². The first-order chi connectivity index (χ1) is 12.9. The Balaban J connectivity index is 1.80. The van der Waals surface area contributed by atoms with Crippen LogP contribution in [0.5, 0.6) is 0 Å². The maximum absolute atomic E-state index is 12.9. The number of hydrogen-bond donors (Lipinski definition) is 1. The molecule has 2 aromatic carbocycles. The Bertz CT molecular complexity index is 1100. The number of aryl methyl sites for hydroxylation is 1. The van der Waals surface area contributed by atoms with Gasteiger partial charge in [0.25, 0.3) is 5.91 Å². The highest BCUT2D eigenvalue weighted by Gasteiger charge is 2.29. The van der Waals surface area contributed by atoms with Gasteiger partial charge < -0.3 is 5.32 Å². The molecule has 0 spiro atoms. The van der Waals surface area contributed by atoms with Gasteiger partial charge in [0.15, 0.2) is 0 Å². The van der Waals surface area contributed by atoms with Gasteiger partial charge in [0.1, 0.15) is 5.82 Å². The maximum Gasteiger partial charge on any atom is 0.258 e. The van der Waals surface area contributed by atoms with Crippen molar-refractivity contribution < 1.29 is 9.00 Å². The van der Waals surface area contributed by atoms with E-state index < -0.39 is 10.8 Å². The maximum atomic E-state index is 12.9. The normalized spacial score (nSPS) is 15.6. The van der Waals surface area contributed by atoms with Gasteiger partial charge in [0.2, 0.25) is 0 Å². The predicted octanol–water partition coefficient (Wildman–Crippen LogP) is 4.61. The minimum absolute atomic E-state index is 0.337. The van der Waals surface area contributed by atoms with Crippen molar-refractivity contribution in [2.75, 3.05) is 5.32 Å². The van der Waals surface area contributed by atoms with E-state index in [-0.39, 0.29) is 5.91 Å². The van der Waals surface area contributed by atoms with Gasteiger partial charge in [-0.15, -0.1) is 0 Å². The van der Waals surface area contributed by atoms with E-state index in [4.69, 9.17) is 11.6 Å². The molecule has 1 aliphatic heterocycles. The number of fused-ring (bicyclic) bond motifs is 1. The summed E-state index contributed by atoms with van der Waals surface area (Å²) in [6.07, 6.45) is 0. The molecular formula is C19H15BrClN3O2S. The van der Waals surface area contributed by atoms with Gasteiger partial charge >= 0.3 is 0 Å². The van der Waals surface area contributed by atoms with Crippen molar-refractivity contribution in [3.8, 4) is 5.69 Å². The number of hydrogen-bond acceptors (Lipinski definition) is 3. The van der Waals surface area contributed by atoms with Gasteiger partial charge in [-0.05, 0) is 36.8 Å². The standard InChI is InChI=1S/C19H15BrClN3O2S/c1-11-4-2-3-5-17(11)24-18(14-9-27(26)10-16(14)23-24)22-19(25)13-8-12(20)6-7-15(13)21/h2-8H,9-10H2,1H3,(H,22,25)/t27-/m1/s1. The zero-order valence-corrected chi connectivity index (χ0v) is 17.5. The number of nitrogens with zero attached hydrogens (tertiary/aromatic N) is 2. The number of para-hydroxylation sites is 1. The fraction of sp³-hybridized carbons (Fsp3) is 0.158. The van der Waals surface area contributed by atoms with Gasteiger partial charge in [0.05, 0.1) is 33.5 Å². The molecular weight excluding hydrogens is 450 g/mol. The lowest BCUT2D eigenvalue weighted by molar-refractivity contribution is 0.102. The molecule has 0 saturated carbocycles. The molecule has 1 amide bonds. The summed E-state index contributed by atoms with van der Waals surface area (Å²) in [6.45, 7) is 1.98. The second-order valence-electron chi connectivity index (χ2n) is 6.28. The fourth-order valence-electron chi connectivity index (χ4n) is 3.08. The monoisotopic (exact) mass is 463 g/mol. The first kappa shape index (κ1) is 18.4. The second kappa shape index (κ2) is 7.22. The molecule has 1 N–H and O–H groups in total. The largest absolute Gasteiger partial charge is 0.306 e. The fourth-order valence-corrected chi connectivity index (χ4v) is 4.91. The number of rotatable bonds is 3. The average Bonchev–Trinajstić information content (AvgIpc) is 3.14. The number of carbonyl (C=O) groups excluding carboxylic acids is 1. The molecule has 0 bridgehead atoms. The predicted molar refractivity (Wildman–Crippen MR) is 111 cm³/mol. The smallest absolute Gasteiger partial charge is 0.258 e. The topological polar surface area (TPSA) is 64.0 Å². The molecule has 3 aromatic rings. The van der Waals surface area contributed by atoms with Crippen molar-refractivity contribution in [1.29, 1.82) is 0 Å². The lowest BCUT2D eigenvalue weighted by Crippen LogP contribution is -2.17. The van der Waals surface area contributed by atoms with Crippen LogP contribution in [0.1, 0.15) is 27.2 Å². The molecule has 27 heavy (non-hydrogen) atoms. The van der Waals surface area contributed by atoms with Gasteiger partial charge in [-0.25, -0.2) is 4.68 Å². The number of amides is 1. The number of benzene rings is 2. The van der Waals surface area contributed by atoms with E-state index in [1.807, 2.05) is 31.2 Å². The van der Waals surface area contributed by atoms with Crippen LogP contribution in [0.15, 0.2) is 46.9 Å². The molecule has 1 aliphatic rings. The number of aromatic nitrogens is 2. The molecule has 4 rings (SSSR count). The van der Waals surface area contributed by atoms with Crippen LogP contribution in [0.3, 0.4) is 0 Å². The Hall–Kier alpha value is -1.96. The van der Waals surface area contributed by atoms with E-state index >= 15 is 0 Å². The van der Waals surface area contributed by atoms with E-state index in [1.54, 1.807) is 22.9 Å². The van der Waals surface area contributed by atoms with Crippen LogP contribution in [0.25, 0.3) is 5.69 Å². The van der Waals surface area contributed by atoms with Crippen molar-refractivity contribution in [3.05, 3.63) is 74.3 Å². The van der Waals surface area contributed by atoms with Crippen LogP contribution >= 0.6 is 27.5 Å². The molecule has 2 heterocycles. The third-order valence-electron chi connectivity index (χ3n) is 4.42. The van der Waals surface area contributed by atoms with E-state index in [1.165, 1.54) is 0 Å². The number of carbonyl (C=O) groups is 1. The molecule has 138 valence electrons. The van der Waals surface area contributed by atoms with Crippen LogP contribution < -0.4 is 5.32 Å². The number of halogens is 2. The Kier molecular flexibility index (Phi) is 4.92. The Morgan fingerprint density at radius 2 is 2.04 bits per heavy atom. The number of anilines is 1. The zero-order valence-electron chi connectivity index (χ0n) is 14.3. The molecule has 0 saturated heterocycles. The first-order valence-corrected chi connectivity index (χ1v) is 10.9. The van der Waals surface area contributed by atoms with Crippen molar-refractivity contribution in [2.24, 2.45) is 0 Å². The van der Waals surface area contributed by atoms with E-state index in [2.05, 4.69) is 26.3 Å². The van der Waals surface area contributed by atoms with Crippen molar-refractivity contribution >= 4 is 50.1 Å². The van der Waals surface area contributed by atoms with E-state index in [0.29, 0.717) is 27.9 Å². The molecule has 5 nitrogen and oxygen atoms in total. The molecule has 0 aliphatic carbocycles. The molecule has 0 fully saturated rings. The molecule has 0 unspecified atom stereocenters. The van der Waals surface area contributed by atoms with Crippen molar-refractivity contribution in [2.45, 2.75) is 18.4 Å². The minimum Gasteiger partial charge on any atom is -0.306 e. The van der Waals surface area contributed by atoms with Crippen LogP contribution in [0, 0.1) is 6.92 Å². The summed E-state index contributed by atoms with van der Waals surface area (Å²) in [7, 11) is -0.997.